The molecule has 1 aromatic rings. The number of ketones is 1. The van der Waals surface area contributed by atoms with E-state index in [-0.39, 0.29) is 29.7 Å². The average molecular weight is 278 g/mol. The molecular formula is C16H19FO3. The van der Waals surface area contributed by atoms with Crippen LogP contribution in [0.1, 0.15) is 31.2 Å². The third kappa shape index (κ3) is 2.70. The van der Waals surface area contributed by atoms with E-state index < -0.39 is 5.82 Å². The number of Topliss-reactive ketones (excluding diaryl/α,β-unsaturated/α-hetero) is 1. The fraction of sp³-hybridized carbons (Fsp3) is 0.562. The average Bonchev–Trinajstić information content (AvgIpc) is 2.77. The number of halogens is 1. The van der Waals surface area contributed by atoms with Crippen molar-refractivity contribution in [2.24, 2.45) is 5.92 Å². The van der Waals surface area contributed by atoms with E-state index >= 15 is 0 Å². The molecule has 0 saturated carbocycles. The molecule has 3 rings (SSSR count). The van der Waals surface area contributed by atoms with Gasteiger partial charge in [-0.3, -0.25) is 4.79 Å². The van der Waals surface area contributed by atoms with E-state index in [1.54, 1.807) is 12.1 Å². The summed E-state index contributed by atoms with van der Waals surface area (Å²) in [6.07, 6.45) is 4.62. The zero-order valence-electron chi connectivity index (χ0n) is 11.6. The lowest BCUT2D eigenvalue weighted by molar-refractivity contribution is -0.127. The number of hydrogen-bond acceptors (Lipinski definition) is 3. The van der Waals surface area contributed by atoms with Crippen molar-refractivity contribution in [2.75, 3.05) is 7.11 Å². The van der Waals surface area contributed by atoms with E-state index in [0.717, 1.165) is 25.7 Å². The second-order valence-electron chi connectivity index (χ2n) is 5.74. The molecule has 2 aliphatic rings. The van der Waals surface area contributed by atoms with Crippen LogP contribution in [0.15, 0.2) is 18.2 Å². The number of benzene rings is 1. The molecule has 2 heterocycles. The van der Waals surface area contributed by atoms with E-state index in [4.69, 9.17) is 9.47 Å². The Morgan fingerprint density at radius 2 is 2.05 bits per heavy atom. The van der Waals surface area contributed by atoms with Crippen LogP contribution in [-0.2, 0) is 16.0 Å². The van der Waals surface area contributed by atoms with Crippen LogP contribution in [0.25, 0.3) is 0 Å². The van der Waals surface area contributed by atoms with Gasteiger partial charge in [-0.15, -0.1) is 0 Å². The molecule has 0 amide bonds. The van der Waals surface area contributed by atoms with Crippen molar-refractivity contribution in [3.63, 3.8) is 0 Å². The monoisotopic (exact) mass is 278 g/mol. The van der Waals surface area contributed by atoms with Crippen molar-refractivity contribution < 1.29 is 18.7 Å². The highest BCUT2D eigenvalue weighted by molar-refractivity contribution is 5.83. The maximum absolute atomic E-state index is 13.6. The third-order valence-electron chi connectivity index (χ3n) is 4.34. The Labute approximate surface area is 118 Å². The first-order valence-corrected chi connectivity index (χ1v) is 7.16. The fourth-order valence-electron chi connectivity index (χ4n) is 3.29. The van der Waals surface area contributed by atoms with Gasteiger partial charge in [-0.25, -0.2) is 4.39 Å². The molecule has 4 heteroatoms. The molecule has 2 bridgehead atoms. The van der Waals surface area contributed by atoms with Crippen LogP contribution in [0.2, 0.25) is 0 Å². The Bertz CT molecular complexity index is 502. The molecule has 0 spiro atoms. The van der Waals surface area contributed by atoms with Crippen molar-refractivity contribution in [1.82, 2.24) is 0 Å². The van der Waals surface area contributed by atoms with Crippen LogP contribution in [0.5, 0.6) is 5.75 Å². The summed E-state index contributed by atoms with van der Waals surface area (Å²) < 4.78 is 24.3. The second kappa shape index (κ2) is 5.52. The minimum absolute atomic E-state index is 0.0754. The highest BCUT2D eigenvalue weighted by Gasteiger charge is 2.37. The van der Waals surface area contributed by atoms with Crippen molar-refractivity contribution in [2.45, 2.75) is 44.3 Å². The molecular weight excluding hydrogens is 259 g/mol. The van der Waals surface area contributed by atoms with Gasteiger partial charge in [-0.05, 0) is 43.4 Å². The number of rotatable bonds is 4. The molecule has 2 atom stereocenters. The lowest BCUT2D eigenvalue weighted by Crippen LogP contribution is -2.30. The fourth-order valence-corrected chi connectivity index (χ4v) is 3.29. The first-order valence-electron chi connectivity index (χ1n) is 7.16. The largest absolute Gasteiger partial charge is 0.494 e. The highest BCUT2D eigenvalue weighted by atomic mass is 19.1. The zero-order valence-corrected chi connectivity index (χ0v) is 11.6. The van der Waals surface area contributed by atoms with Crippen molar-refractivity contribution in [3.05, 3.63) is 29.6 Å². The van der Waals surface area contributed by atoms with E-state index in [1.807, 2.05) is 0 Å². The number of ether oxygens (including phenoxy) is 2. The molecule has 20 heavy (non-hydrogen) atoms. The lowest BCUT2D eigenvalue weighted by Gasteiger charge is -2.27. The summed E-state index contributed by atoms with van der Waals surface area (Å²) in [4.78, 5) is 12.3. The summed E-state index contributed by atoms with van der Waals surface area (Å²) in [6.45, 7) is 0. The molecule has 2 fully saturated rings. The van der Waals surface area contributed by atoms with E-state index in [2.05, 4.69) is 0 Å². The molecule has 3 nitrogen and oxygen atoms in total. The SMILES string of the molecule is COc1ccc(CC(=O)C2CC3CCC(C2)O3)cc1F. The van der Waals surface area contributed by atoms with Gasteiger partial charge in [0.25, 0.3) is 0 Å². The normalized spacial score (nSPS) is 28.4. The van der Waals surface area contributed by atoms with Gasteiger partial charge in [0, 0.05) is 12.3 Å². The molecule has 2 unspecified atom stereocenters. The predicted molar refractivity (Wildman–Crippen MR) is 72.3 cm³/mol. The molecule has 0 aromatic heterocycles. The van der Waals surface area contributed by atoms with E-state index in [9.17, 15) is 9.18 Å². The molecule has 1 aromatic carbocycles. The number of hydrogen-bond donors (Lipinski definition) is 0. The van der Waals surface area contributed by atoms with Crippen molar-refractivity contribution >= 4 is 5.78 Å². The van der Waals surface area contributed by atoms with E-state index in [0.29, 0.717) is 12.0 Å². The number of fused-ring (bicyclic) bond motifs is 2. The molecule has 2 aliphatic heterocycles. The maximum Gasteiger partial charge on any atom is 0.165 e. The molecule has 0 aliphatic carbocycles. The van der Waals surface area contributed by atoms with Crippen LogP contribution in [-0.4, -0.2) is 25.1 Å². The highest BCUT2D eigenvalue weighted by Crippen LogP contribution is 2.36. The summed E-state index contributed by atoms with van der Waals surface area (Å²) >= 11 is 0. The lowest BCUT2D eigenvalue weighted by atomic mass is 9.88. The molecule has 108 valence electrons. The number of carbonyl (C=O) groups is 1. The molecule has 0 radical (unpaired) electrons. The Balaban J connectivity index is 1.65. The van der Waals surface area contributed by atoms with Crippen LogP contribution in [0, 0.1) is 11.7 Å². The Hall–Kier alpha value is -1.42. The molecule has 0 N–H and O–H groups in total. The quantitative estimate of drug-likeness (QED) is 0.849. The van der Waals surface area contributed by atoms with Gasteiger partial charge in [0.2, 0.25) is 0 Å². The first kappa shape index (κ1) is 13.6. The summed E-state index contributed by atoms with van der Waals surface area (Å²) in [5, 5.41) is 0. The minimum Gasteiger partial charge on any atom is -0.494 e. The van der Waals surface area contributed by atoms with Gasteiger partial charge in [-0.2, -0.15) is 0 Å². The number of carbonyl (C=O) groups excluding carboxylic acids is 1. The predicted octanol–water partition coefficient (Wildman–Crippen LogP) is 2.90. The smallest absolute Gasteiger partial charge is 0.165 e. The first-order chi connectivity index (χ1) is 9.65. The van der Waals surface area contributed by atoms with Gasteiger partial charge < -0.3 is 9.47 Å². The standard InChI is InChI=1S/C16H19FO3/c1-19-16-5-2-10(6-14(16)17)7-15(18)11-8-12-3-4-13(9-11)20-12/h2,5-6,11-13H,3-4,7-9H2,1H3. The second-order valence-corrected chi connectivity index (χ2v) is 5.74. The van der Waals surface area contributed by atoms with Crippen molar-refractivity contribution in [1.29, 1.82) is 0 Å². The Morgan fingerprint density at radius 1 is 1.35 bits per heavy atom. The van der Waals surface area contributed by atoms with Crippen LogP contribution >= 0.6 is 0 Å². The Kier molecular flexibility index (Phi) is 3.74. The van der Waals surface area contributed by atoms with Crippen LogP contribution in [0.4, 0.5) is 4.39 Å². The summed E-state index contributed by atoms with van der Waals surface area (Å²) in [7, 11) is 1.43. The van der Waals surface area contributed by atoms with Crippen molar-refractivity contribution in [3.8, 4) is 5.75 Å². The zero-order chi connectivity index (χ0) is 14.1. The molecule has 2 saturated heterocycles. The summed E-state index contributed by atoms with van der Waals surface area (Å²) in [5.74, 6) is 0.0799. The van der Waals surface area contributed by atoms with Crippen LogP contribution in [0.3, 0.4) is 0 Å². The van der Waals surface area contributed by atoms with Gasteiger partial charge in [0.15, 0.2) is 11.6 Å². The third-order valence-corrected chi connectivity index (χ3v) is 4.34. The van der Waals surface area contributed by atoms with E-state index in [1.165, 1.54) is 13.2 Å². The van der Waals surface area contributed by atoms with Gasteiger partial charge in [0.05, 0.1) is 19.3 Å². The Morgan fingerprint density at radius 3 is 2.65 bits per heavy atom. The van der Waals surface area contributed by atoms with Gasteiger partial charge >= 0.3 is 0 Å². The maximum atomic E-state index is 13.6. The topological polar surface area (TPSA) is 35.5 Å². The van der Waals surface area contributed by atoms with Gasteiger partial charge in [-0.1, -0.05) is 6.07 Å². The number of methoxy groups -OCH3 is 1. The van der Waals surface area contributed by atoms with Crippen LogP contribution < -0.4 is 4.74 Å². The summed E-state index contributed by atoms with van der Waals surface area (Å²) in [6, 6.07) is 4.73. The summed E-state index contributed by atoms with van der Waals surface area (Å²) in [5.41, 5.74) is 0.715. The minimum atomic E-state index is -0.412. The van der Waals surface area contributed by atoms with Gasteiger partial charge in [0.1, 0.15) is 5.78 Å².